The number of aliphatic imine (C=N–C) groups is 1. The Morgan fingerprint density at radius 3 is 2.55 bits per heavy atom. The highest BCUT2D eigenvalue weighted by Crippen LogP contribution is 2.38. The minimum atomic E-state index is -0.679. The Balaban J connectivity index is 3.12. The summed E-state index contributed by atoms with van der Waals surface area (Å²) in [5.74, 6) is -0.215. The van der Waals surface area contributed by atoms with Crippen molar-refractivity contribution in [3.8, 4) is 0 Å². The molecule has 0 heterocycles. The highest BCUT2D eigenvalue weighted by molar-refractivity contribution is 5.75. The number of nitrogens with zero attached hydrogens (tertiary/aromatic N) is 2. The molecule has 1 aliphatic carbocycles. The molecule has 6 N–H and O–H groups in total. The lowest BCUT2D eigenvalue weighted by Gasteiger charge is -2.33. The summed E-state index contributed by atoms with van der Waals surface area (Å²) in [6.07, 6.45) is 4.95. The maximum atomic E-state index is 10.7. The first kappa shape index (κ1) is 18.4. The number of guanidine groups is 1. The van der Waals surface area contributed by atoms with E-state index in [1.807, 2.05) is 6.92 Å². The average molecular weight is 311 g/mol. The molecular formula is C15H29N5O2. The fourth-order valence-corrected chi connectivity index (χ4v) is 3.62. The van der Waals surface area contributed by atoms with E-state index in [4.69, 9.17) is 16.4 Å². The maximum Gasteiger partial charge on any atom is 0.185 e. The van der Waals surface area contributed by atoms with Gasteiger partial charge in [-0.05, 0) is 25.5 Å². The van der Waals surface area contributed by atoms with Crippen molar-refractivity contribution in [3.05, 3.63) is 0 Å². The highest BCUT2D eigenvalue weighted by atomic mass is 16.4. The van der Waals surface area contributed by atoms with Gasteiger partial charge in [0.15, 0.2) is 5.96 Å². The number of aliphatic hydroxyl groups excluding tert-OH is 1. The van der Waals surface area contributed by atoms with Crippen LogP contribution in [-0.2, 0) is 0 Å². The van der Waals surface area contributed by atoms with E-state index in [1.165, 1.54) is 6.21 Å². The smallest absolute Gasteiger partial charge is 0.185 e. The Kier molecular flexibility index (Phi) is 7.31. The summed E-state index contributed by atoms with van der Waals surface area (Å²) in [6, 6.07) is -0.214. The minimum Gasteiger partial charge on any atom is -0.411 e. The van der Waals surface area contributed by atoms with Gasteiger partial charge in [-0.25, -0.2) is 0 Å². The second-order valence-corrected chi connectivity index (χ2v) is 5.87. The minimum absolute atomic E-state index is 0.0519. The van der Waals surface area contributed by atoms with Gasteiger partial charge in [0.1, 0.15) is 0 Å². The third-order valence-corrected chi connectivity index (χ3v) is 4.67. The summed E-state index contributed by atoms with van der Waals surface area (Å²) >= 11 is 0. The number of nitrogens with two attached hydrogens (primary N) is 1. The van der Waals surface area contributed by atoms with Crippen molar-refractivity contribution in [1.82, 2.24) is 5.32 Å². The highest BCUT2D eigenvalue weighted by Gasteiger charge is 2.47. The lowest BCUT2D eigenvalue weighted by Crippen LogP contribution is -2.48. The summed E-state index contributed by atoms with van der Waals surface area (Å²) in [4.78, 5) is 4.61. The van der Waals surface area contributed by atoms with Gasteiger partial charge in [0, 0.05) is 24.1 Å². The molecule has 1 unspecified atom stereocenters. The van der Waals surface area contributed by atoms with Crippen LogP contribution in [0.5, 0.6) is 0 Å². The largest absolute Gasteiger partial charge is 0.411 e. The van der Waals surface area contributed by atoms with Gasteiger partial charge in [-0.1, -0.05) is 26.7 Å². The van der Waals surface area contributed by atoms with E-state index in [-0.39, 0.29) is 29.9 Å². The molecule has 0 saturated heterocycles. The fourth-order valence-electron chi connectivity index (χ4n) is 3.62. The van der Waals surface area contributed by atoms with Crippen LogP contribution < -0.4 is 11.1 Å². The SMILES string of the molecule is C/C=N/C(C(CC)CC)[C@@H]1[C@H](O)[C@@H](/C=N/O)C[C@H]1NC(=N)N. The molecule has 0 amide bonds. The van der Waals surface area contributed by atoms with Crippen LogP contribution in [0.15, 0.2) is 10.1 Å². The number of aliphatic hydroxyl groups is 1. The first-order chi connectivity index (χ1) is 10.5. The molecule has 0 radical (unpaired) electrons. The molecule has 1 aliphatic rings. The van der Waals surface area contributed by atoms with Crippen LogP contribution in [0.1, 0.15) is 40.0 Å². The number of rotatable bonds is 7. The van der Waals surface area contributed by atoms with E-state index in [2.05, 4.69) is 29.3 Å². The second-order valence-electron chi connectivity index (χ2n) is 5.87. The van der Waals surface area contributed by atoms with Gasteiger partial charge in [-0.15, -0.1) is 5.16 Å². The molecular weight excluding hydrogens is 282 g/mol. The molecule has 1 saturated carbocycles. The van der Waals surface area contributed by atoms with Crippen molar-refractivity contribution in [3.63, 3.8) is 0 Å². The Morgan fingerprint density at radius 1 is 1.45 bits per heavy atom. The molecule has 7 nitrogen and oxygen atoms in total. The Labute approximate surface area is 132 Å². The number of nitrogens with one attached hydrogen (secondary N) is 2. The van der Waals surface area contributed by atoms with Gasteiger partial charge in [0.05, 0.1) is 12.1 Å². The first-order valence-corrected chi connectivity index (χ1v) is 7.93. The average Bonchev–Trinajstić information content (AvgIpc) is 2.75. The molecule has 5 atom stereocenters. The molecule has 0 aromatic heterocycles. The van der Waals surface area contributed by atoms with Crippen molar-refractivity contribution >= 4 is 18.4 Å². The molecule has 1 rings (SSSR count). The molecule has 0 spiro atoms. The van der Waals surface area contributed by atoms with Gasteiger partial charge < -0.3 is 21.4 Å². The third kappa shape index (κ3) is 4.19. The standard InChI is InChI=1S/C15H29N5O2/c1-4-9(5-2)13(18-6-3)12-11(20-15(16)17)7-10(8-19-22)14(12)21/h6,8-14,21-22H,4-5,7H2,1-3H3,(H4,16,17,20)/b18-6+,19-8+/t10-,11-,12-,13?,14-/m1/s1. The first-order valence-electron chi connectivity index (χ1n) is 7.93. The van der Waals surface area contributed by atoms with Gasteiger partial charge in [0.25, 0.3) is 0 Å². The lowest BCUT2D eigenvalue weighted by molar-refractivity contribution is 0.0805. The van der Waals surface area contributed by atoms with E-state index in [9.17, 15) is 5.11 Å². The van der Waals surface area contributed by atoms with Crippen LogP contribution in [0, 0.1) is 23.2 Å². The van der Waals surface area contributed by atoms with Crippen LogP contribution in [0.4, 0.5) is 0 Å². The molecule has 1 fully saturated rings. The van der Waals surface area contributed by atoms with Gasteiger partial charge in [-0.3, -0.25) is 10.4 Å². The van der Waals surface area contributed by atoms with E-state index in [0.717, 1.165) is 12.8 Å². The van der Waals surface area contributed by atoms with Crippen LogP contribution >= 0.6 is 0 Å². The number of hydrogen-bond donors (Lipinski definition) is 5. The van der Waals surface area contributed by atoms with Crippen molar-refractivity contribution in [2.45, 2.75) is 58.2 Å². The van der Waals surface area contributed by atoms with Crippen LogP contribution in [0.2, 0.25) is 0 Å². The van der Waals surface area contributed by atoms with Crippen LogP contribution in [0.25, 0.3) is 0 Å². The molecule has 7 heteroatoms. The Bertz CT molecular complexity index is 409. The molecule has 0 aromatic carbocycles. The maximum absolute atomic E-state index is 10.7. The quantitative estimate of drug-likeness (QED) is 0.209. The summed E-state index contributed by atoms with van der Waals surface area (Å²) in [6.45, 7) is 6.11. The number of oxime groups is 1. The zero-order valence-electron chi connectivity index (χ0n) is 13.6. The molecule has 22 heavy (non-hydrogen) atoms. The topological polar surface area (TPSA) is 127 Å². The monoisotopic (exact) mass is 311 g/mol. The summed E-state index contributed by atoms with van der Waals surface area (Å²) < 4.78 is 0. The van der Waals surface area contributed by atoms with E-state index >= 15 is 0 Å². The normalized spacial score (nSPS) is 30.4. The molecule has 0 aliphatic heterocycles. The predicted octanol–water partition coefficient (Wildman–Crippen LogP) is 1.19. The fraction of sp³-hybridized carbons (Fsp3) is 0.800. The van der Waals surface area contributed by atoms with Crippen molar-refractivity contribution in [1.29, 1.82) is 5.41 Å². The van der Waals surface area contributed by atoms with Crippen molar-refractivity contribution in [2.24, 2.45) is 33.6 Å². The second kappa shape index (κ2) is 8.73. The lowest BCUT2D eigenvalue weighted by atomic mass is 9.81. The van der Waals surface area contributed by atoms with E-state index in [0.29, 0.717) is 12.3 Å². The summed E-state index contributed by atoms with van der Waals surface area (Å²) in [5, 5.41) is 32.9. The molecule has 0 aromatic rings. The Hall–Kier alpha value is -1.63. The van der Waals surface area contributed by atoms with Crippen LogP contribution in [0.3, 0.4) is 0 Å². The zero-order chi connectivity index (χ0) is 16.7. The molecule has 126 valence electrons. The van der Waals surface area contributed by atoms with Crippen molar-refractivity contribution in [2.75, 3.05) is 0 Å². The van der Waals surface area contributed by atoms with Gasteiger partial charge in [0.2, 0.25) is 0 Å². The van der Waals surface area contributed by atoms with Gasteiger partial charge in [-0.2, -0.15) is 0 Å². The van der Waals surface area contributed by atoms with E-state index < -0.39 is 6.10 Å². The van der Waals surface area contributed by atoms with Crippen LogP contribution in [-0.4, -0.2) is 46.9 Å². The van der Waals surface area contributed by atoms with Crippen molar-refractivity contribution < 1.29 is 10.3 Å². The van der Waals surface area contributed by atoms with E-state index in [1.54, 1.807) is 6.21 Å². The van der Waals surface area contributed by atoms with Gasteiger partial charge >= 0.3 is 0 Å². The Morgan fingerprint density at radius 2 is 2.09 bits per heavy atom. The predicted molar refractivity (Wildman–Crippen MR) is 88.7 cm³/mol. The zero-order valence-corrected chi connectivity index (χ0v) is 13.6. The number of hydrogen-bond acceptors (Lipinski definition) is 5. The third-order valence-electron chi connectivity index (χ3n) is 4.67. The summed E-state index contributed by atoms with van der Waals surface area (Å²) in [7, 11) is 0. The molecule has 0 bridgehead atoms. The summed E-state index contributed by atoms with van der Waals surface area (Å²) in [5.41, 5.74) is 5.48.